The van der Waals surface area contributed by atoms with Crippen molar-refractivity contribution in [2.45, 2.75) is 25.8 Å². The zero-order valence-electron chi connectivity index (χ0n) is 10.1. The van der Waals surface area contributed by atoms with Gasteiger partial charge in [0.25, 0.3) is 0 Å². The molecule has 1 aromatic carbocycles. The number of hydrogen-bond donors (Lipinski definition) is 0. The second-order valence-corrected chi connectivity index (χ2v) is 3.83. The number of benzene rings is 1. The third-order valence-corrected chi connectivity index (χ3v) is 2.83. The molecule has 3 nitrogen and oxygen atoms in total. The summed E-state index contributed by atoms with van der Waals surface area (Å²) in [6.07, 6.45) is 0.964. The summed E-state index contributed by atoms with van der Waals surface area (Å²) in [5, 5.41) is 17.6. The van der Waals surface area contributed by atoms with Gasteiger partial charge in [0, 0.05) is 19.0 Å². The monoisotopic (exact) mass is 227 g/mol. The zero-order valence-corrected chi connectivity index (χ0v) is 10.1. The average molecular weight is 227 g/mol. The van der Waals surface area contributed by atoms with Crippen LogP contribution >= 0.6 is 0 Å². The summed E-state index contributed by atoms with van der Waals surface area (Å²) >= 11 is 0. The molecule has 0 amide bonds. The van der Waals surface area contributed by atoms with Gasteiger partial charge >= 0.3 is 0 Å². The van der Waals surface area contributed by atoms with Gasteiger partial charge in [-0.25, -0.2) is 0 Å². The van der Waals surface area contributed by atoms with Crippen LogP contribution in [-0.2, 0) is 0 Å². The quantitative estimate of drug-likeness (QED) is 0.750. The molecule has 0 heterocycles. The molecular weight excluding hydrogens is 210 g/mol. The highest BCUT2D eigenvalue weighted by molar-refractivity contribution is 5.20. The number of rotatable bonds is 6. The molecule has 0 spiro atoms. The van der Waals surface area contributed by atoms with E-state index in [0.717, 1.165) is 12.1 Å². The number of nitriles is 2. The first kappa shape index (κ1) is 13.2. The molecule has 0 bridgehead atoms. The van der Waals surface area contributed by atoms with Crippen molar-refractivity contribution in [3.63, 3.8) is 0 Å². The molecule has 1 atom stereocenters. The van der Waals surface area contributed by atoms with E-state index in [-0.39, 0.29) is 6.04 Å². The maximum Gasteiger partial charge on any atom is 0.0641 e. The van der Waals surface area contributed by atoms with E-state index in [1.165, 1.54) is 0 Å². The Bertz CT molecular complexity index is 400. The lowest BCUT2D eigenvalue weighted by molar-refractivity contribution is 0.215. The number of nitrogens with zero attached hydrogens (tertiary/aromatic N) is 3. The predicted octanol–water partition coefficient (Wildman–Crippen LogP) is 2.88. The van der Waals surface area contributed by atoms with E-state index in [4.69, 9.17) is 10.5 Å². The fourth-order valence-electron chi connectivity index (χ4n) is 1.95. The van der Waals surface area contributed by atoms with Crippen LogP contribution in [0.15, 0.2) is 30.3 Å². The Labute approximate surface area is 103 Å². The molecule has 0 aromatic heterocycles. The van der Waals surface area contributed by atoms with E-state index < -0.39 is 0 Å². The molecule has 1 unspecified atom stereocenters. The van der Waals surface area contributed by atoms with E-state index in [0.29, 0.717) is 19.4 Å². The molecule has 0 saturated carbocycles. The predicted molar refractivity (Wildman–Crippen MR) is 66.9 cm³/mol. The summed E-state index contributed by atoms with van der Waals surface area (Å²) in [6, 6.07) is 14.5. The zero-order chi connectivity index (χ0) is 12.5. The Morgan fingerprint density at radius 3 is 2.41 bits per heavy atom. The summed E-state index contributed by atoms with van der Waals surface area (Å²) in [5.74, 6) is 0. The Kier molecular flexibility index (Phi) is 5.79. The highest BCUT2D eigenvalue weighted by Gasteiger charge is 2.18. The van der Waals surface area contributed by atoms with Crippen molar-refractivity contribution < 1.29 is 0 Å². The normalized spacial score (nSPS) is 11.8. The lowest BCUT2D eigenvalue weighted by Crippen LogP contribution is -2.29. The first-order chi connectivity index (χ1) is 8.33. The van der Waals surface area contributed by atoms with Crippen LogP contribution in [0.25, 0.3) is 0 Å². The van der Waals surface area contributed by atoms with Crippen molar-refractivity contribution >= 4 is 0 Å². The Morgan fingerprint density at radius 2 is 1.88 bits per heavy atom. The summed E-state index contributed by atoms with van der Waals surface area (Å²) in [7, 11) is 0. The summed E-state index contributed by atoms with van der Waals surface area (Å²) < 4.78 is 0. The molecule has 17 heavy (non-hydrogen) atoms. The first-order valence-electron chi connectivity index (χ1n) is 5.86. The Balaban J connectivity index is 2.84. The molecule has 0 saturated heterocycles. The Hall–Kier alpha value is -1.84. The second kappa shape index (κ2) is 7.44. The smallest absolute Gasteiger partial charge is 0.0641 e. The fraction of sp³-hybridized carbons (Fsp3) is 0.429. The molecule has 0 N–H and O–H groups in total. The highest BCUT2D eigenvalue weighted by atomic mass is 15.1. The third-order valence-electron chi connectivity index (χ3n) is 2.83. The van der Waals surface area contributed by atoms with Crippen molar-refractivity contribution in [3.8, 4) is 12.1 Å². The minimum Gasteiger partial charge on any atom is -0.295 e. The van der Waals surface area contributed by atoms with Crippen LogP contribution in [0.4, 0.5) is 0 Å². The molecule has 1 rings (SSSR count). The standard InChI is InChI=1S/C14H17N3/c1-2-17(12-6-10-15)14(9-11-16)13-7-4-3-5-8-13/h3-5,7-8,14H,2,6,9,12H2,1H3. The Morgan fingerprint density at radius 1 is 1.18 bits per heavy atom. The van der Waals surface area contributed by atoms with Crippen LogP contribution in [0, 0.1) is 22.7 Å². The van der Waals surface area contributed by atoms with Crippen molar-refractivity contribution in [1.29, 1.82) is 10.5 Å². The van der Waals surface area contributed by atoms with Gasteiger partial charge in [-0.3, -0.25) is 4.90 Å². The van der Waals surface area contributed by atoms with Gasteiger partial charge in [0.15, 0.2) is 0 Å². The van der Waals surface area contributed by atoms with Gasteiger partial charge in [-0.2, -0.15) is 10.5 Å². The van der Waals surface area contributed by atoms with Gasteiger partial charge in [-0.05, 0) is 12.1 Å². The molecule has 88 valence electrons. The van der Waals surface area contributed by atoms with Gasteiger partial charge in [0.05, 0.1) is 18.6 Å². The van der Waals surface area contributed by atoms with Gasteiger partial charge in [-0.1, -0.05) is 37.3 Å². The third kappa shape index (κ3) is 3.90. The van der Waals surface area contributed by atoms with Crippen molar-refractivity contribution in [2.75, 3.05) is 13.1 Å². The van der Waals surface area contributed by atoms with E-state index in [2.05, 4.69) is 24.0 Å². The molecule has 0 aliphatic heterocycles. The van der Waals surface area contributed by atoms with Gasteiger partial charge < -0.3 is 0 Å². The minimum atomic E-state index is 0.0968. The molecular formula is C14H17N3. The lowest BCUT2D eigenvalue weighted by atomic mass is 10.0. The summed E-state index contributed by atoms with van der Waals surface area (Å²) in [6.45, 7) is 3.63. The van der Waals surface area contributed by atoms with Crippen LogP contribution in [0.5, 0.6) is 0 Å². The van der Waals surface area contributed by atoms with E-state index in [1.54, 1.807) is 0 Å². The SMILES string of the molecule is CCN(CCC#N)C(CC#N)c1ccccc1. The van der Waals surface area contributed by atoms with E-state index >= 15 is 0 Å². The minimum absolute atomic E-state index is 0.0968. The maximum atomic E-state index is 8.93. The molecule has 0 radical (unpaired) electrons. The van der Waals surface area contributed by atoms with Crippen LogP contribution in [0.3, 0.4) is 0 Å². The van der Waals surface area contributed by atoms with Gasteiger partial charge in [0.1, 0.15) is 0 Å². The fourth-order valence-corrected chi connectivity index (χ4v) is 1.95. The van der Waals surface area contributed by atoms with Crippen LogP contribution in [-0.4, -0.2) is 18.0 Å². The van der Waals surface area contributed by atoms with Crippen molar-refractivity contribution in [1.82, 2.24) is 4.90 Å². The van der Waals surface area contributed by atoms with Gasteiger partial charge in [0.2, 0.25) is 0 Å². The average Bonchev–Trinajstić information content (AvgIpc) is 2.39. The van der Waals surface area contributed by atoms with Crippen LogP contribution in [0.1, 0.15) is 31.4 Å². The second-order valence-electron chi connectivity index (χ2n) is 3.83. The van der Waals surface area contributed by atoms with Crippen LogP contribution in [0.2, 0.25) is 0 Å². The highest BCUT2D eigenvalue weighted by Crippen LogP contribution is 2.23. The van der Waals surface area contributed by atoms with Crippen LogP contribution < -0.4 is 0 Å². The lowest BCUT2D eigenvalue weighted by Gasteiger charge is -2.28. The largest absolute Gasteiger partial charge is 0.295 e. The van der Waals surface area contributed by atoms with Crippen molar-refractivity contribution in [3.05, 3.63) is 35.9 Å². The molecule has 1 aromatic rings. The first-order valence-corrected chi connectivity index (χ1v) is 5.86. The molecule has 0 fully saturated rings. The van der Waals surface area contributed by atoms with Crippen molar-refractivity contribution in [2.24, 2.45) is 0 Å². The molecule has 0 aliphatic carbocycles. The summed E-state index contributed by atoms with van der Waals surface area (Å²) in [4.78, 5) is 2.18. The van der Waals surface area contributed by atoms with E-state index in [1.807, 2.05) is 30.3 Å². The van der Waals surface area contributed by atoms with E-state index in [9.17, 15) is 0 Å². The summed E-state index contributed by atoms with van der Waals surface area (Å²) in [5.41, 5.74) is 1.15. The maximum absolute atomic E-state index is 8.93. The topological polar surface area (TPSA) is 50.8 Å². The van der Waals surface area contributed by atoms with Gasteiger partial charge in [-0.15, -0.1) is 0 Å². The molecule has 3 heteroatoms. The molecule has 0 aliphatic rings. The number of hydrogen-bond acceptors (Lipinski definition) is 3.